The van der Waals surface area contributed by atoms with E-state index in [9.17, 15) is 18.0 Å². The summed E-state index contributed by atoms with van der Waals surface area (Å²) < 4.78 is 44.5. The molecule has 1 N–H and O–H groups in total. The average Bonchev–Trinajstić information content (AvgIpc) is 2.71. The fraction of sp³-hybridized carbons (Fsp3) is 0.381. The van der Waals surface area contributed by atoms with Crippen LogP contribution in [0.3, 0.4) is 0 Å². The normalized spacial score (nSPS) is 15.7. The van der Waals surface area contributed by atoms with Crippen LogP contribution in [0.15, 0.2) is 48.5 Å². The maximum absolute atomic E-state index is 12.9. The zero-order chi connectivity index (χ0) is 21.6. The van der Waals surface area contributed by atoms with Gasteiger partial charge in [0.2, 0.25) is 5.91 Å². The fourth-order valence-electron chi connectivity index (χ4n) is 3.20. The molecular weight excluding hydrogens is 419 g/mol. The molecule has 0 saturated carbocycles. The molecule has 5 nitrogen and oxygen atoms in total. The van der Waals surface area contributed by atoms with Crippen LogP contribution in [0.2, 0.25) is 5.02 Å². The van der Waals surface area contributed by atoms with Crippen LogP contribution in [-0.4, -0.2) is 61.6 Å². The molecule has 0 bridgehead atoms. The van der Waals surface area contributed by atoms with Crippen LogP contribution in [0.1, 0.15) is 5.56 Å². The zero-order valence-corrected chi connectivity index (χ0v) is 17.0. The van der Waals surface area contributed by atoms with Crippen molar-refractivity contribution < 1.29 is 22.7 Å². The first-order valence-corrected chi connectivity index (χ1v) is 9.98. The Bertz CT molecular complexity index is 841. The lowest BCUT2D eigenvalue weighted by Gasteiger charge is -2.34. The second-order valence-electron chi connectivity index (χ2n) is 7.02. The van der Waals surface area contributed by atoms with Crippen molar-refractivity contribution in [2.24, 2.45) is 0 Å². The largest absolute Gasteiger partial charge is 0.492 e. The summed E-state index contributed by atoms with van der Waals surface area (Å²) in [5.41, 5.74) is -0.887. The number of hydrogen-bond donors (Lipinski definition) is 1. The van der Waals surface area contributed by atoms with Crippen molar-refractivity contribution in [3.63, 3.8) is 0 Å². The molecular formula is C21H23ClF3N3O2. The molecule has 0 radical (unpaired) electrons. The Labute approximate surface area is 178 Å². The molecule has 1 amide bonds. The summed E-state index contributed by atoms with van der Waals surface area (Å²) in [6.45, 7) is 4.50. The third kappa shape index (κ3) is 6.62. The van der Waals surface area contributed by atoms with Crippen molar-refractivity contribution in [2.75, 3.05) is 51.2 Å². The molecule has 0 unspecified atom stereocenters. The van der Waals surface area contributed by atoms with Crippen molar-refractivity contribution in [2.45, 2.75) is 6.18 Å². The molecule has 162 valence electrons. The number of nitrogens with zero attached hydrogens (tertiary/aromatic N) is 2. The van der Waals surface area contributed by atoms with Gasteiger partial charge in [-0.15, -0.1) is 0 Å². The highest BCUT2D eigenvalue weighted by Gasteiger charge is 2.33. The zero-order valence-electron chi connectivity index (χ0n) is 16.3. The number of nitrogens with one attached hydrogen (secondary N) is 1. The van der Waals surface area contributed by atoms with Crippen LogP contribution in [0.5, 0.6) is 5.75 Å². The fourth-order valence-corrected chi connectivity index (χ4v) is 3.43. The molecule has 0 spiro atoms. The van der Waals surface area contributed by atoms with Gasteiger partial charge in [-0.3, -0.25) is 14.6 Å². The van der Waals surface area contributed by atoms with Crippen molar-refractivity contribution in [3.8, 4) is 5.75 Å². The van der Waals surface area contributed by atoms with Crippen LogP contribution in [0.25, 0.3) is 0 Å². The Morgan fingerprint density at radius 3 is 2.37 bits per heavy atom. The summed E-state index contributed by atoms with van der Waals surface area (Å²) in [6.07, 6.45) is -4.57. The van der Waals surface area contributed by atoms with Crippen LogP contribution >= 0.6 is 11.6 Å². The monoisotopic (exact) mass is 441 g/mol. The van der Waals surface area contributed by atoms with Gasteiger partial charge in [0, 0.05) is 38.4 Å². The molecule has 0 atom stereocenters. The third-order valence-corrected chi connectivity index (χ3v) is 5.14. The Morgan fingerprint density at radius 1 is 1.03 bits per heavy atom. The quantitative estimate of drug-likeness (QED) is 0.705. The van der Waals surface area contributed by atoms with Gasteiger partial charge in [0.05, 0.1) is 17.1 Å². The van der Waals surface area contributed by atoms with Gasteiger partial charge < -0.3 is 10.1 Å². The molecule has 9 heteroatoms. The summed E-state index contributed by atoms with van der Waals surface area (Å²) in [5.74, 6) is 0.481. The van der Waals surface area contributed by atoms with Gasteiger partial charge in [-0.25, -0.2) is 0 Å². The topological polar surface area (TPSA) is 44.8 Å². The predicted octanol–water partition coefficient (Wildman–Crippen LogP) is 3.99. The molecule has 1 aliphatic heterocycles. The summed E-state index contributed by atoms with van der Waals surface area (Å²) in [6, 6.07) is 13.0. The number of alkyl halides is 3. The molecule has 0 aliphatic carbocycles. The lowest BCUT2D eigenvalue weighted by Crippen LogP contribution is -2.49. The van der Waals surface area contributed by atoms with E-state index in [0.717, 1.165) is 37.5 Å². The van der Waals surface area contributed by atoms with Crippen molar-refractivity contribution in [3.05, 3.63) is 59.1 Å². The highest BCUT2D eigenvalue weighted by molar-refractivity contribution is 6.31. The van der Waals surface area contributed by atoms with E-state index in [1.165, 1.54) is 6.07 Å². The van der Waals surface area contributed by atoms with Crippen molar-refractivity contribution in [1.82, 2.24) is 9.80 Å². The SMILES string of the molecule is O=C(CN1CCN(CCOc2ccccc2)CC1)Nc1ccc(Cl)c(C(F)(F)F)c1. The van der Waals surface area contributed by atoms with Gasteiger partial charge in [-0.05, 0) is 30.3 Å². The first kappa shape index (κ1) is 22.4. The van der Waals surface area contributed by atoms with Gasteiger partial charge in [0.15, 0.2) is 0 Å². The minimum atomic E-state index is -4.57. The molecule has 1 saturated heterocycles. The number of ether oxygens (including phenoxy) is 1. The minimum absolute atomic E-state index is 0.0772. The number of piperazine rings is 1. The second kappa shape index (κ2) is 10.1. The Balaban J connectivity index is 1.40. The number of halogens is 4. The Morgan fingerprint density at radius 2 is 1.70 bits per heavy atom. The highest BCUT2D eigenvalue weighted by Crippen LogP contribution is 2.36. The van der Waals surface area contributed by atoms with Crippen LogP contribution in [-0.2, 0) is 11.0 Å². The van der Waals surface area contributed by atoms with E-state index in [1.54, 1.807) is 0 Å². The molecule has 1 fully saturated rings. The molecule has 30 heavy (non-hydrogen) atoms. The maximum atomic E-state index is 12.9. The predicted molar refractivity (Wildman–Crippen MR) is 110 cm³/mol. The third-order valence-electron chi connectivity index (χ3n) is 4.81. The number of amides is 1. The standard InChI is InChI=1S/C21H23ClF3N3O2/c22-19-7-6-16(14-18(19)21(23,24)25)26-20(29)15-28-10-8-27(9-11-28)12-13-30-17-4-2-1-3-5-17/h1-7,14H,8-13,15H2,(H,26,29). The van der Waals surface area contributed by atoms with E-state index in [4.69, 9.17) is 16.3 Å². The van der Waals surface area contributed by atoms with Gasteiger partial charge in [-0.1, -0.05) is 29.8 Å². The second-order valence-corrected chi connectivity index (χ2v) is 7.43. The lowest BCUT2D eigenvalue weighted by atomic mass is 10.2. The molecule has 1 heterocycles. The molecule has 3 rings (SSSR count). The van der Waals surface area contributed by atoms with Crippen LogP contribution in [0, 0.1) is 0 Å². The van der Waals surface area contributed by atoms with Gasteiger partial charge in [0.25, 0.3) is 0 Å². The number of para-hydroxylation sites is 1. The van der Waals surface area contributed by atoms with E-state index in [2.05, 4.69) is 10.2 Å². The molecule has 1 aliphatic rings. The van der Waals surface area contributed by atoms with E-state index in [1.807, 2.05) is 35.2 Å². The van der Waals surface area contributed by atoms with Crippen molar-refractivity contribution >= 4 is 23.2 Å². The van der Waals surface area contributed by atoms with E-state index in [-0.39, 0.29) is 18.1 Å². The van der Waals surface area contributed by atoms with E-state index < -0.39 is 16.8 Å². The highest BCUT2D eigenvalue weighted by atomic mass is 35.5. The van der Waals surface area contributed by atoms with E-state index >= 15 is 0 Å². The maximum Gasteiger partial charge on any atom is 0.417 e. The average molecular weight is 442 g/mol. The first-order valence-electron chi connectivity index (χ1n) is 9.60. The number of carbonyl (C=O) groups is 1. The molecule has 2 aromatic carbocycles. The number of carbonyl (C=O) groups excluding carboxylic acids is 1. The van der Waals surface area contributed by atoms with Crippen LogP contribution < -0.4 is 10.1 Å². The first-order chi connectivity index (χ1) is 14.3. The minimum Gasteiger partial charge on any atom is -0.492 e. The Kier molecular flexibility index (Phi) is 7.58. The van der Waals surface area contributed by atoms with E-state index in [0.29, 0.717) is 19.7 Å². The number of hydrogen-bond acceptors (Lipinski definition) is 4. The summed E-state index contributed by atoms with van der Waals surface area (Å²) in [5, 5.41) is 2.12. The van der Waals surface area contributed by atoms with Gasteiger partial charge in [0.1, 0.15) is 12.4 Å². The molecule has 0 aromatic heterocycles. The number of anilines is 1. The van der Waals surface area contributed by atoms with Crippen molar-refractivity contribution in [1.29, 1.82) is 0 Å². The molecule has 2 aromatic rings. The van der Waals surface area contributed by atoms with Gasteiger partial charge in [-0.2, -0.15) is 13.2 Å². The number of rotatable bonds is 7. The number of benzene rings is 2. The summed E-state index contributed by atoms with van der Waals surface area (Å²) in [4.78, 5) is 16.5. The lowest BCUT2D eigenvalue weighted by molar-refractivity contribution is -0.137. The summed E-state index contributed by atoms with van der Waals surface area (Å²) in [7, 11) is 0. The van der Waals surface area contributed by atoms with Crippen LogP contribution in [0.4, 0.5) is 18.9 Å². The Hall–Kier alpha value is -2.29. The smallest absolute Gasteiger partial charge is 0.417 e. The summed E-state index contributed by atoms with van der Waals surface area (Å²) >= 11 is 5.60. The van der Waals surface area contributed by atoms with Gasteiger partial charge >= 0.3 is 6.18 Å².